The summed E-state index contributed by atoms with van der Waals surface area (Å²) in [4.78, 5) is 24.5. The van der Waals surface area contributed by atoms with Gasteiger partial charge < -0.3 is 14.6 Å². The van der Waals surface area contributed by atoms with E-state index >= 15 is 0 Å². The molecule has 2 N–H and O–H groups in total. The topological polar surface area (TPSA) is 89.0 Å². The number of carbonyl (C=O) groups is 2. The first-order valence-corrected chi connectivity index (χ1v) is 9.70. The Labute approximate surface area is 177 Å². The minimum Gasteiger partial charge on any atom is -0.484 e. The number of ether oxygens (including phenoxy) is 1. The quantitative estimate of drug-likeness (QED) is 0.421. The van der Waals surface area contributed by atoms with E-state index in [9.17, 15) is 9.59 Å². The highest BCUT2D eigenvalue weighted by molar-refractivity contribution is 7.71. The highest BCUT2D eigenvalue weighted by Crippen LogP contribution is 2.17. The maximum Gasteiger partial charge on any atom is 0.258 e. The molecule has 1 heterocycles. The van der Waals surface area contributed by atoms with Gasteiger partial charge in [0.25, 0.3) is 5.91 Å². The number of aromatic amines is 1. The molecule has 29 heavy (non-hydrogen) atoms. The number of aromatic nitrogens is 3. The Morgan fingerprint density at radius 3 is 2.38 bits per heavy atom. The van der Waals surface area contributed by atoms with Gasteiger partial charge in [-0.2, -0.15) is 5.10 Å². The normalized spacial score (nSPS) is 10.6. The number of hydrogen-bond donors (Lipinski definition) is 2. The van der Waals surface area contributed by atoms with Crippen LogP contribution in [-0.4, -0.2) is 33.1 Å². The average Bonchev–Trinajstić information content (AvgIpc) is 3.10. The molecule has 150 valence electrons. The molecule has 7 nitrogen and oxygen atoms in total. The second-order valence-corrected chi connectivity index (χ2v) is 6.94. The fourth-order valence-corrected chi connectivity index (χ4v) is 3.07. The zero-order chi connectivity index (χ0) is 20.8. The van der Waals surface area contributed by atoms with Gasteiger partial charge in [-0.05, 0) is 67.7 Å². The largest absolute Gasteiger partial charge is 0.484 e. The molecule has 2 aromatic carbocycles. The fourth-order valence-electron chi connectivity index (χ4n) is 2.66. The lowest BCUT2D eigenvalue weighted by Gasteiger charge is -2.08. The first kappa shape index (κ1) is 20.8. The van der Waals surface area contributed by atoms with Gasteiger partial charge >= 0.3 is 0 Å². The van der Waals surface area contributed by atoms with Crippen LogP contribution in [0.5, 0.6) is 5.75 Å². The second kappa shape index (κ2) is 9.49. The minimum atomic E-state index is -0.289. The molecule has 0 bridgehead atoms. The Kier molecular flexibility index (Phi) is 6.79. The maximum absolute atomic E-state index is 12.4. The Morgan fingerprint density at radius 1 is 1.14 bits per heavy atom. The lowest BCUT2D eigenvalue weighted by Crippen LogP contribution is -2.29. The third kappa shape index (κ3) is 5.30. The van der Waals surface area contributed by atoms with Crippen LogP contribution in [-0.2, 0) is 17.9 Å². The molecule has 0 aliphatic rings. The SMILES string of the molecule is CCn1c(CNC(=O)COc2ccc(C(=O)c3ccc(Cl)cc3)cc2)n[nH]c1=S. The van der Waals surface area contributed by atoms with Crippen LogP contribution in [0.15, 0.2) is 48.5 Å². The zero-order valence-electron chi connectivity index (χ0n) is 15.6. The van der Waals surface area contributed by atoms with Crippen molar-refractivity contribution in [3.05, 3.63) is 75.3 Å². The summed E-state index contributed by atoms with van der Waals surface area (Å²) in [6.45, 7) is 2.71. The van der Waals surface area contributed by atoms with Crippen LogP contribution >= 0.6 is 23.8 Å². The number of benzene rings is 2. The van der Waals surface area contributed by atoms with Gasteiger partial charge in [-0.25, -0.2) is 0 Å². The molecule has 3 rings (SSSR count). The van der Waals surface area contributed by atoms with Crippen molar-refractivity contribution in [2.24, 2.45) is 0 Å². The van der Waals surface area contributed by atoms with E-state index in [0.717, 1.165) is 0 Å². The van der Waals surface area contributed by atoms with Gasteiger partial charge in [-0.1, -0.05) is 11.6 Å². The van der Waals surface area contributed by atoms with Gasteiger partial charge in [0.15, 0.2) is 23.0 Å². The summed E-state index contributed by atoms with van der Waals surface area (Å²) < 4.78 is 7.79. The summed E-state index contributed by atoms with van der Waals surface area (Å²) in [7, 11) is 0. The predicted molar refractivity (Wildman–Crippen MR) is 112 cm³/mol. The number of amides is 1. The molecule has 0 atom stereocenters. The van der Waals surface area contributed by atoms with Crippen LogP contribution in [0.25, 0.3) is 0 Å². The third-order valence-electron chi connectivity index (χ3n) is 4.19. The van der Waals surface area contributed by atoms with Crippen LogP contribution in [0, 0.1) is 4.77 Å². The molecule has 0 spiro atoms. The van der Waals surface area contributed by atoms with Crippen molar-refractivity contribution in [3.8, 4) is 5.75 Å². The molecule has 0 aliphatic heterocycles. The van der Waals surface area contributed by atoms with Gasteiger partial charge in [-0.15, -0.1) is 0 Å². The lowest BCUT2D eigenvalue weighted by atomic mass is 10.0. The van der Waals surface area contributed by atoms with Gasteiger partial charge in [0.05, 0.1) is 6.54 Å². The monoisotopic (exact) mass is 430 g/mol. The summed E-state index contributed by atoms with van der Waals surface area (Å²) in [5.41, 5.74) is 1.07. The maximum atomic E-state index is 12.4. The molecule has 0 saturated heterocycles. The van der Waals surface area contributed by atoms with Gasteiger partial charge in [0, 0.05) is 22.7 Å². The molecule has 1 aromatic heterocycles. The summed E-state index contributed by atoms with van der Waals surface area (Å²) >= 11 is 11.0. The summed E-state index contributed by atoms with van der Waals surface area (Å²) in [6.07, 6.45) is 0. The smallest absolute Gasteiger partial charge is 0.258 e. The Hall–Kier alpha value is -2.97. The van der Waals surface area contributed by atoms with Gasteiger partial charge in [-0.3, -0.25) is 14.7 Å². The number of nitrogens with zero attached hydrogens (tertiary/aromatic N) is 2. The van der Waals surface area contributed by atoms with E-state index in [1.54, 1.807) is 53.1 Å². The van der Waals surface area contributed by atoms with Crippen LogP contribution < -0.4 is 10.1 Å². The first-order chi connectivity index (χ1) is 14.0. The molecule has 3 aromatic rings. The van der Waals surface area contributed by atoms with Crippen LogP contribution in [0.2, 0.25) is 5.02 Å². The number of nitrogens with one attached hydrogen (secondary N) is 2. The zero-order valence-corrected chi connectivity index (χ0v) is 17.2. The second-order valence-electron chi connectivity index (χ2n) is 6.12. The van der Waals surface area contributed by atoms with E-state index in [2.05, 4.69) is 15.5 Å². The number of halogens is 1. The van der Waals surface area contributed by atoms with Crippen molar-refractivity contribution < 1.29 is 14.3 Å². The van der Waals surface area contributed by atoms with Crippen molar-refractivity contribution in [2.75, 3.05) is 6.61 Å². The Morgan fingerprint density at radius 2 is 1.76 bits per heavy atom. The van der Waals surface area contributed by atoms with Crippen LogP contribution in [0.3, 0.4) is 0 Å². The van der Waals surface area contributed by atoms with Crippen molar-refractivity contribution in [1.29, 1.82) is 0 Å². The number of carbonyl (C=O) groups excluding carboxylic acids is 2. The van der Waals surface area contributed by atoms with Crippen LogP contribution in [0.4, 0.5) is 0 Å². The molecule has 0 unspecified atom stereocenters. The highest BCUT2D eigenvalue weighted by Gasteiger charge is 2.10. The summed E-state index contributed by atoms with van der Waals surface area (Å²) in [5.74, 6) is 0.734. The molecule has 0 radical (unpaired) electrons. The van der Waals surface area contributed by atoms with Crippen molar-refractivity contribution in [3.63, 3.8) is 0 Å². The van der Waals surface area contributed by atoms with Gasteiger partial charge in [0.2, 0.25) is 0 Å². The Bertz CT molecular complexity index is 1060. The lowest BCUT2D eigenvalue weighted by molar-refractivity contribution is -0.123. The standard InChI is InChI=1S/C20H19ClN4O3S/c1-2-25-17(23-24-20(25)29)11-22-18(26)12-28-16-9-5-14(6-10-16)19(27)13-3-7-15(21)8-4-13/h3-10H,2,11-12H2,1H3,(H,22,26)(H,24,29). The third-order valence-corrected chi connectivity index (χ3v) is 4.75. The molecule has 9 heteroatoms. The average molecular weight is 431 g/mol. The van der Waals surface area contributed by atoms with Crippen molar-refractivity contribution in [1.82, 2.24) is 20.1 Å². The van der Waals surface area contributed by atoms with E-state index in [-0.39, 0.29) is 24.8 Å². The van der Waals surface area contributed by atoms with E-state index in [4.69, 9.17) is 28.6 Å². The molecule has 0 fully saturated rings. The molecular formula is C20H19ClN4O3S. The van der Waals surface area contributed by atoms with Crippen molar-refractivity contribution in [2.45, 2.75) is 20.0 Å². The first-order valence-electron chi connectivity index (χ1n) is 8.92. The van der Waals surface area contributed by atoms with Crippen molar-refractivity contribution >= 4 is 35.5 Å². The van der Waals surface area contributed by atoms with E-state index in [1.165, 1.54) is 0 Å². The number of ketones is 1. The molecule has 0 saturated carbocycles. The molecule has 1 amide bonds. The fraction of sp³-hybridized carbons (Fsp3) is 0.200. The number of hydrogen-bond acceptors (Lipinski definition) is 5. The van der Waals surface area contributed by atoms with E-state index in [0.29, 0.717) is 39.0 Å². The summed E-state index contributed by atoms with van der Waals surface area (Å²) in [5, 5.41) is 10.1. The van der Waals surface area contributed by atoms with Crippen LogP contribution in [0.1, 0.15) is 28.7 Å². The Balaban J connectivity index is 1.52. The van der Waals surface area contributed by atoms with E-state index < -0.39 is 0 Å². The molecular weight excluding hydrogens is 412 g/mol. The van der Waals surface area contributed by atoms with E-state index in [1.807, 2.05) is 6.92 Å². The minimum absolute atomic E-state index is 0.115. The number of H-pyrrole nitrogens is 1. The highest BCUT2D eigenvalue weighted by atomic mass is 35.5. The molecule has 0 aliphatic carbocycles. The summed E-state index contributed by atoms with van der Waals surface area (Å²) in [6, 6.07) is 13.3. The number of rotatable bonds is 8. The predicted octanol–water partition coefficient (Wildman–Crippen LogP) is 3.54. The van der Waals surface area contributed by atoms with Gasteiger partial charge in [0.1, 0.15) is 5.75 Å².